The van der Waals surface area contributed by atoms with Crippen LogP contribution in [-0.2, 0) is 33.8 Å². The number of carbonyl (C=O) groups is 2. The minimum absolute atomic E-state index is 0.0128. The molecule has 170 valence electrons. The standard InChI is InChI=1S/C22H24N2O7S/c1-14-5-10-19(15(2)11-14)23-32(27,28)17-8-6-16(7-9-17)24-13-31-12-18(21(25)29-3)20(24)22(26)30-4/h5-11,23H,12-13H2,1-4H3. The number of methoxy groups -OCH3 is 2. The highest BCUT2D eigenvalue weighted by Gasteiger charge is 2.32. The van der Waals surface area contributed by atoms with E-state index in [1.54, 1.807) is 6.07 Å². The smallest absolute Gasteiger partial charge is 0.355 e. The van der Waals surface area contributed by atoms with E-state index in [1.165, 1.54) is 43.4 Å². The third-order valence-electron chi connectivity index (χ3n) is 4.92. The lowest BCUT2D eigenvalue weighted by molar-refractivity contribution is -0.140. The highest BCUT2D eigenvalue weighted by atomic mass is 32.2. The predicted molar refractivity (Wildman–Crippen MR) is 118 cm³/mol. The van der Waals surface area contributed by atoms with Gasteiger partial charge in [0.25, 0.3) is 10.0 Å². The minimum atomic E-state index is -3.84. The van der Waals surface area contributed by atoms with Gasteiger partial charge in [-0.05, 0) is 49.7 Å². The Bertz CT molecular complexity index is 1170. The first-order chi connectivity index (χ1) is 15.2. The summed E-state index contributed by atoms with van der Waals surface area (Å²) in [6.45, 7) is 3.61. The van der Waals surface area contributed by atoms with Gasteiger partial charge in [0.1, 0.15) is 12.4 Å². The van der Waals surface area contributed by atoms with E-state index in [0.717, 1.165) is 11.1 Å². The predicted octanol–water partition coefficient (Wildman–Crippen LogP) is 2.50. The summed E-state index contributed by atoms with van der Waals surface area (Å²) in [5, 5.41) is 0. The zero-order chi connectivity index (χ0) is 23.5. The SMILES string of the molecule is COC(=O)C1=C(C(=O)OC)N(c2ccc(S(=O)(=O)Nc3ccc(C)cc3C)cc2)COC1. The number of nitrogens with zero attached hydrogens (tertiary/aromatic N) is 1. The molecular formula is C22H24N2O7S. The third kappa shape index (κ3) is 4.76. The zero-order valence-corrected chi connectivity index (χ0v) is 19.0. The summed E-state index contributed by atoms with van der Waals surface area (Å²) < 4.78 is 43.2. The Morgan fingerprint density at radius 2 is 1.66 bits per heavy atom. The normalized spacial score (nSPS) is 14.2. The number of carbonyl (C=O) groups excluding carboxylic acids is 2. The molecule has 0 saturated heterocycles. The average molecular weight is 461 g/mol. The molecule has 32 heavy (non-hydrogen) atoms. The molecule has 0 aliphatic carbocycles. The van der Waals surface area contributed by atoms with Gasteiger partial charge in [-0.1, -0.05) is 17.7 Å². The number of nitrogens with one attached hydrogen (secondary N) is 1. The Morgan fingerprint density at radius 3 is 2.25 bits per heavy atom. The molecule has 0 aromatic heterocycles. The molecule has 0 spiro atoms. The molecular weight excluding hydrogens is 436 g/mol. The fourth-order valence-corrected chi connectivity index (χ4v) is 4.42. The van der Waals surface area contributed by atoms with Crippen molar-refractivity contribution in [2.75, 3.05) is 37.2 Å². The second-order valence-electron chi connectivity index (χ2n) is 7.13. The Hall–Kier alpha value is -3.37. The third-order valence-corrected chi connectivity index (χ3v) is 6.30. The zero-order valence-electron chi connectivity index (χ0n) is 18.2. The lowest BCUT2D eigenvalue weighted by Gasteiger charge is -2.31. The number of sulfonamides is 1. The highest BCUT2D eigenvalue weighted by Crippen LogP contribution is 2.28. The Morgan fingerprint density at radius 1 is 1.00 bits per heavy atom. The lowest BCUT2D eigenvalue weighted by atomic mass is 10.1. The van der Waals surface area contributed by atoms with E-state index in [9.17, 15) is 18.0 Å². The van der Waals surface area contributed by atoms with Crippen molar-refractivity contribution in [2.24, 2.45) is 0 Å². The molecule has 0 radical (unpaired) electrons. The van der Waals surface area contributed by atoms with Crippen LogP contribution in [-0.4, -0.2) is 47.9 Å². The van der Waals surface area contributed by atoms with Crippen molar-refractivity contribution in [1.29, 1.82) is 0 Å². The molecule has 0 amide bonds. The topological polar surface area (TPSA) is 111 Å². The molecule has 1 N–H and O–H groups in total. The van der Waals surface area contributed by atoms with Gasteiger partial charge in [0.15, 0.2) is 0 Å². The van der Waals surface area contributed by atoms with Crippen molar-refractivity contribution < 1.29 is 32.2 Å². The first kappa shape index (κ1) is 23.3. The molecule has 2 aromatic carbocycles. The molecule has 0 unspecified atom stereocenters. The maximum Gasteiger partial charge on any atom is 0.355 e. The number of rotatable bonds is 6. The number of hydrogen-bond donors (Lipinski definition) is 1. The van der Waals surface area contributed by atoms with Crippen molar-refractivity contribution >= 4 is 33.3 Å². The molecule has 9 nitrogen and oxygen atoms in total. The molecule has 3 rings (SSSR count). The van der Waals surface area contributed by atoms with Gasteiger partial charge >= 0.3 is 11.9 Å². The first-order valence-corrected chi connectivity index (χ1v) is 11.1. The van der Waals surface area contributed by atoms with Crippen LogP contribution in [0.4, 0.5) is 11.4 Å². The quantitative estimate of drug-likeness (QED) is 0.655. The fraction of sp³-hybridized carbons (Fsp3) is 0.273. The number of ether oxygens (including phenoxy) is 3. The van der Waals surface area contributed by atoms with E-state index in [1.807, 2.05) is 26.0 Å². The maximum atomic E-state index is 12.8. The van der Waals surface area contributed by atoms with Crippen LogP contribution in [0.3, 0.4) is 0 Å². The molecule has 1 aliphatic rings. The molecule has 1 aliphatic heterocycles. The van der Waals surface area contributed by atoms with Crippen LogP contribution < -0.4 is 9.62 Å². The van der Waals surface area contributed by atoms with Crippen LogP contribution in [0.25, 0.3) is 0 Å². The average Bonchev–Trinajstić information content (AvgIpc) is 2.79. The van der Waals surface area contributed by atoms with Crippen LogP contribution in [0.2, 0.25) is 0 Å². The fourth-order valence-electron chi connectivity index (χ4n) is 3.28. The highest BCUT2D eigenvalue weighted by molar-refractivity contribution is 7.92. The second kappa shape index (κ2) is 9.41. The summed E-state index contributed by atoms with van der Waals surface area (Å²) in [6, 6.07) is 11.3. The van der Waals surface area contributed by atoms with Gasteiger partial charge in [-0.3, -0.25) is 4.72 Å². The van der Waals surface area contributed by atoms with Crippen LogP contribution in [0.5, 0.6) is 0 Å². The first-order valence-electron chi connectivity index (χ1n) is 9.63. The van der Waals surface area contributed by atoms with E-state index in [0.29, 0.717) is 11.4 Å². The number of benzene rings is 2. The number of anilines is 2. The van der Waals surface area contributed by atoms with E-state index in [-0.39, 0.29) is 29.5 Å². The van der Waals surface area contributed by atoms with Gasteiger partial charge in [0, 0.05) is 5.69 Å². The minimum Gasteiger partial charge on any atom is -0.466 e. The van der Waals surface area contributed by atoms with Gasteiger partial charge in [-0.15, -0.1) is 0 Å². The number of aryl methyl sites for hydroxylation is 2. The van der Waals surface area contributed by atoms with Crippen LogP contribution in [0.15, 0.2) is 58.6 Å². The Labute approximate surface area is 186 Å². The van der Waals surface area contributed by atoms with E-state index < -0.39 is 22.0 Å². The molecule has 0 bridgehead atoms. The molecule has 2 aromatic rings. The van der Waals surface area contributed by atoms with E-state index in [2.05, 4.69) is 4.72 Å². The Kier molecular flexibility index (Phi) is 6.85. The number of esters is 2. The van der Waals surface area contributed by atoms with Gasteiger partial charge < -0.3 is 19.1 Å². The maximum absolute atomic E-state index is 12.8. The van der Waals surface area contributed by atoms with Crippen molar-refractivity contribution in [3.8, 4) is 0 Å². The molecule has 1 heterocycles. The monoisotopic (exact) mass is 460 g/mol. The second-order valence-corrected chi connectivity index (χ2v) is 8.82. The van der Waals surface area contributed by atoms with Crippen molar-refractivity contribution in [3.63, 3.8) is 0 Å². The Balaban J connectivity index is 1.93. The van der Waals surface area contributed by atoms with Gasteiger partial charge in [-0.25, -0.2) is 18.0 Å². The summed E-state index contributed by atoms with van der Waals surface area (Å²) in [4.78, 5) is 25.9. The molecule has 10 heteroatoms. The van der Waals surface area contributed by atoms with Crippen molar-refractivity contribution in [3.05, 3.63) is 64.9 Å². The van der Waals surface area contributed by atoms with Gasteiger partial charge in [-0.2, -0.15) is 0 Å². The van der Waals surface area contributed by atoms with Crippen LogP contribution >= 0.6 is 0 Å². The largest absolute Gasteiger partial charge is 0.466 e. The summed E-state index contributed by atoms with van der Waals surface area (Å²) in [5.41, 5.74) is 2.76. The molecule has 0 saturated carbocycles. The van der Waals surface area contributed by atoms with Crippen molar-refractivity contribution in [2.45, 2.75) is 18.7 Å². The number of hydrogen-bond acceptors (Lipinski definition) is 8. The summed E-state index contributed by atoms with van der Waals surface area (Å²) in [5.74, 6) is -1.45. The van der Waals surface area contributed by atoms with E-state index >= 15 is 0 Å². The van der Waals surface area contributed by atoms with Crippen molar-refractivity contribution in [1.82, 2.24) is 0 Å². The summed E-state index contributed by atoms with van der Waals surface area (Å²) in [7, 11) is -1.44. The van der Waals surface area contributed by atoms with Crippen LogP contribution in [0, 0.1) is 13.8 Å². The van der Waals surface area contributed by atoms with Gasteiger partial charge in [0.2, 0.25) is 0 Å². The summed E-state index contributed by atoms with van der Waals surface area (Å²) in [6.07, 6.45) is 0. The van der Waals surface area contributed by atoms with E-state index in [4.69, 9.17) is 14.2 Å². The molecule has 0 fully saturated rings. The molecule has 0 atom stereocenters. The van der Waals surface area contributed by atoms with Gasteiger partial charge in [0.05, 0.1) is 37.0 Å². The summed E-state index contributed by atoms with van der Waals surface area (Å²) >= 11 is 0. The van der Waals surface area contributed by atoms with Crippen LogP contribution in [0.1, 0.15) is 11.1 Å². The lowest BCUT2D eigenvalue weighted by Crippen LogP contribution is -2.38.